The van der Waals surface area contributed by atoms with Crippen LogP contribution in [-0.2, 0) is 0 Å². The predicted molar refractivity (Wildman–Crippen MR) is 248 cm³/mol. The minimum atomic E-state index is 0.167. The molecule has 0 nitrogen and oxygen atoms in total. The molecule has 0 bridgehead atoms. The fourth-order valence-electron chi connectivity index (χ4n) is 9.77. The minimum absolute atomic E-state index is 0.167. The van der Waals surface area contributed by atoms with E-state index in [1.54, 1.807) is 0 Å². The van der Waals surface area contributed by atoms with E-state index in [1.165, 1.54) is 118 Å². The molecule has 0 N–H and O–H groups in total. The number of hydrogen-bond acceptors (Lipinski definition) is 0. The molecule has 57 heavy (non-hydrogen) atoms. The van der Waals surface area contributed by atoms with E-state index in [4.69, 9.17) is 0 Å². The molecule has 11 aromatic carbocycles. The molecule has 0 spiro atoms. The van der Waals surface area contributed by atoms with Crippen LogP contribution in [0.3, 0.4) is 0 Å². The Morgan fingerprint density at radius 1 is 0.228 bits per heavy atom. The Labute approximate surface area is 336 Å². The van der Waals surface area contributed by atoms with Gasteiger partial charge in [0.05, 0.1) is 0 Å². The van der Waals surface area contributed by atoms with Crippen molar-refractivity contribution in [1.82, 2.24) is 0 Å². The topological polar surface area (TPSA) is 0 Å². The number of hydrogen-bond donors (Lipinski definition) is 0. The van der Waals surface area contributed by atoms with Gasteiger partial charge >= 0.3 is 338 Å². The first-order valence-electron chi connectivity index (χ1n) is 19.7. The summed E-state index contributed by atoms with van der Waals surface area (Å²) in [4.78, 5) is 0. The molecule has 0 aliphatic heterocycles. The molecule has 0 saturated heterocycles. The van der Waals surface area contributed by atoms with E-state index in [9.17, 15) is 0 Å². The molecular formula is C56H34Se. The Morgan fingerprint density at radius 2 is 0.561 bits per heavy atom. The summed E-state index contributed by atoms with van der Waals surface area (Å²) in [5.41, 5.74) is 10.4. The summed E-state index contributed by atoms with van der Waals surface area (Å²) in [7, 11) is 0. The second-order valence-corrected chi connectivity index (χ2v) is 17.3. The molecule has 1 aromatic heterocycles. The van der Waals surface area contributed by atoms with Gasteiger partial charge in [0, 0.05) is 0 Å². The standard InChI is InChI=1S/C56H34Se/c1-2-18-36(19-3-1)51-39-22-6-8-24-41(39)53(42-25-9-7-23-40(42)51)47-31-15-33-49-55(47)56-48(32-16-34-50(56)57-49)54-45-28-12-10-26-43(45)52(44-27-11-13-29-46(44)54)38-30-14-20-35-17-4-5-21-37(35)38/h1-34H. The average molecular weight is 786 g/mol. The van der Waals surface area contributed by atoms with Crippen LogP contribution in [0.15, 0.2) is 206 Å². The zero-order chi connectivity index (χ0) is 37.5. The van der Waals surface area contributed by atoms with Crippen LogP contribution < -0.4 is 0 Å². The van der Waals surface area contributed by atoms with Gasteiger partial charge in [-0.2, -0.15) is 0 Å². The molecule has 0 aliphatic rings. The van der Waals surface area contributed by atoms with Crippen molar-refractivity contribution < 1.29 is 0 Å². The fourth-order valence-corrected chi connectivity index (χ4v) is 12.2. The van der Waals surface area contributed by atoms with Crippen LogP contribution >= 0.6 is 0 Å². The molecule has 0 atom stereocenters. The van der Waals surface area contributed by atoms with Crippen molar-refractivity contribution in [1.29, 1.82) is 0 Å². The van der Waals surface area contributed by atoms with Crippen LogP contribution in [0.25, 0.3) is 118 Å². The Morgan fingerprint density at radius 3 is 1.04 bits per heavy atom. The number of rotatable bonds is 4. The summed E-state index contributed by atoms with van der Waals surface area (Å²) in [5, 5.41) is 15.6. The van der Waals surface area contributed by atoms with Gasteiger partial charge < -0.3 is 0 Å². The summed E-state index contributed by atoms with van der Waals surface area (Å²) in [6, 6.07) is 76.9. The van der Waals surface area contributed by atoms with Crippen LogP contribution in [0.5, 0.6) is 0 Å². The van der Waals surface area contributed by atoms with Crippen LogP contribution in [0.1, 0.15) is 0 Å². The van der Waals surface area contributed by atoms with Crippen LogP contribution in [-0.4, -0.2) is 14.5 Å². The average Bonchev–Trinajstić information content (AvgIpc) is 3.67. The van der Waals surface area contributed by atoms with Crippen molar-refractivity contribution >= 4 is 87.7 Å². The Balaban J connectivity index is 1.22. The fraction of sp³-hybridized carbons (Fsp3) is 0. The summed E-state index contributed by atoms with van der Waals surface area (Å²) < 4.78 is 2.90. The Hall–Kier alpha value is -6.76. The molecule has 0 radical (unpaired) electrons. The summed E-state index contributed by atoms with van der Waals surface area (Å²) in [6.45, 7) is 0. The summed E-state index contributed by atoms with van der Waals surface area (Å²) in [6.07, 6.45) is 0. The van der Waals surface area contributed by atoms with Crippen molar-refractivity contribution in [3.05, 3.63) is 206 Å². The van der Waals surface area contributed by atoms with Crippen LogP contribution in [0, 0.1) is 0 Å². The van der Waals surface area contributed by atoms with E-state index < -0.39 is 0 Å². The maximum atomic E-state index is 2.39. The van der Waals surface area contributed by atoms with E-state index in [2.05, 4.69) is 206 Å². The maximum absolute atomic E-state index is 2.39. The molecule has 12 rings (SSSR count). The summed E-state index contributed by atoms with van der Waals surface area (Å²) >= 11 is 0.167. The molecule has 0 unspecified atom stereocenters. The molecule has 0 aliphatic carbocycles. The predicted octanol–water partition coefficient (Wildman–Crippen LogP) is 15.5. The van der Waals surface area contributed by atoms with Gasteiger partial charge in [-0.05, 0) is 0 Å². The van der Waals surface area contributed by atoms with E-state index in [0.717, 1.165) is 0 Å². The van der Waals surface area contributed by atoms with Crippen molar-refractivity contribution in [2.24, 2.45) is 0 Å². The van der Waals surface area contributed by atoms with Crippen molar-refractivity contribution in [2.45, 2.75) is 0 Å². The molecule has 0 amide bonds. The Kier molecular flexibility index (Phi) is 7.35. The first kappa shape index (κ1) is 32.5. The number of fused-ring (bicyclic) bond motifs is 8. The van der Waals surface area contributed by atoms with Crippen molar-refractivity contribution in [3.8, 4) is 44.5 Å². The third-order valence-electron chi connectivity index (χ3n) is 12.0. The second-order valence-electron chi connectivity index (χ2n) is 15.0. The van der Waals surface area contributed by atoms with Gasteiger partial charge in [0.15, 0.2) is 0 Å². The van der Waals surface area contributed by atoms with Gasteiger partial charge in [-0.3, -0.25) is 0 Å². The molecule has 0 fully saturated rings. The van der Waals surface area contributed by atoms with Gasteiger partial charge in [-0.15, -0.1) is 0 Å². The molecular weight excluding hydrogens is 752 g/mol. The molecule has 12 aromatic rings. The first-order valence-corrected chi connectivity index (χ1v) is 21.4. The normalized spacial score (nSPS) is 11.9. The third-order valence-corrected chi connectivity index (χ3v) is 14.4. The van der Waals surface area contributed by atoms with Crippen molar-refractivity contribution in [3.63, 3.8) is 0 Å². The van der Waals surface area contributed by atoms with Gasteiger partial charge in [0.25, 0.3) is 0 Å². The quantitative estimate of drug-likeness (QED) is 0.123. The van der Waals surface area contributed by atoms with E-state index in [-0.39, 0.29) is 14.5 Å². The van der Waals surface area contributed by atoms with Gasteiger partial charge in [0.1, 0.15) is 0 Å². The van der Waals surface area contributed by atoms with Crippen LogP contribution in [0.4, 0.5) is 0 Å². The van der Waals surface area contributed by atoms with Gasteiger partial charge in [0.2, 0.25) is 0 Å². The van der Waals surface area contributed by atoms with Crippen LogP contribution in [0.2, 0.25) is 0 Å². The molecule has 264 valence electrons. The SMILES string of the molecule is c1ccc(-c2c3ccccc3c(-c3cccc4[se]c5cccc(-c6c7ccccc7c(-c7cccc8ccccc78)c7ccccc67)c5c34)c3ccccc23)cc1. The van der Waals surface area contributed by atoms with Crippen molar-refractivity contribution in [2.75, 3.05) is 0 Å². The Bertz CT molecular complexity index is 3450. The molecule has 0 saturated carbocycles. The van der Waals surface area contributed by atoms with Gasteiger partial charge in [-0.1, -0.05) is 0 Å². The molecule has 1 heteroatoms. The number of benzene rings is 11. The monoisotopic (exact) mass is 786 g/mol. The van der Waals surface area contributed by atoms with E-state index >= 15 is 0 Å². The second kappa shape index (κ2) is 12.9. The zero-order valence-corrected chi connectivity index (χ0v) is 32.8. The zero-order valence-electron chi connectivity index (χ0n) is 31.0. The summed E-state index contributed by atoms with van der Waals surface area (Å²) in [5.74, 6) is 0. The first-order chi connectivity index (χ1) is 28.3. The molecule has 1 heterocycles. The van der Waals surface area contributed by atoms with E-state index in [1.807, 2.05) is 0 Å². The van der Waals surface area contributed by atoms with E-state index in [0.29, 0.717) is 0 Å². The van der Waals surface area contributed by atoms with Gasteiger partial charge in [-0.25, -0.2) is 0 Å². The third kappa shape index (κ3) is 4.87.